The van der Waals surface area contributed by atoms with Gasteiger partial charge in [-0.1, -0.05) is 25.5 Å². The molecule has 0 aromatic heterocycles. The fourth-order valence-electron chi connectivity index (χ4n) is 3.70. The Morgan fingerprint density at radius 3 is 3.00 bits per heavy atom. The smallest absolute Gasteiger partial charge is 0.313 e. The molecule has 5 nitrogen and oxygen atoms in total. The zero-order valence-electron chi connectivity index (χ0n) is 12.9. The molecule has 0 aromatic rings. The highest BCUT2D eigenvalue weighted by atomic mass is 16.6. The minimum absolute atomic E-state index is 0.0426. The number of likely N-dealkylation sites (tertiary alicyclic amines) is 1. The molecule has 3 aliphatic rings. The third-order valence-corrected chi connectivity index (χ3v) is 4.58. The highest BCUT2D eigenvalue weighted by Gasteiger charge is 2.67. The van der Waals surface area contributed by atoms with E-state index in [0.717, 1.165) is 19.4 Å². The van der Waals surface area contributed by atoms with Crippen molar-refractivity contribution in [2.75, 3.05) is 13.1 Å². The Morgan fingerprint density at radius 1 is 1.57 bits per heavy atom. The first kappa shape index (κ1) is 14.6. The zero-order chi connectivity index (χ0) is 15.2. The van der Waals surface area contributed by atoms with Crippen LogP contribution in [0.5, 0.6) is 0 Å². The number of ether oxygens (including phenoxy) is 2. The number of fused-ring (bicyclic) bond motifs is 1. The van der Waals surface area contributed by atoms with Gasteiger partial charge < -0.3 is 14.4 Å². The van der Waals surface area contributed by atoms with E-state index in [1.165, 1.54) is 0 Å². The van der Waals surface area contributed by atoms with Crippen LogP contribution in [0.25, 0.3) is 0 Å². The zero-order valence-corrected chi connectivity index (χ0v) is 12.9. The molecule has 3 heterocycles. The SMILES string of the molecule is CCCCN1C[C@]23C=C[C@@H](O2)[C@@H](C(=O)OC(C)C)[C@@H]3C1=O. The summed E-state index contributed by atoms with van der Waals surface area (Å²) in [5.41, 5.74) is -0.601. The minimum atomic E-state index is -0.601. The van der Waals surface area contributed by atoms with Gasteiger partial charge in [-0.3, -0.25) is 9.59 Å². The first-order chi connectivity index (χ1) is 9.98. The molecule has 116 valence electrons. The summed E-state index contributed by atoms with van der Waals surface area (Å²) >= 11 is 0. The Labute approximate surface area is 125 Å². The summed E-state index contributed by atoms with van der Waals surface area (Å²) in [6, 6.07) is 0. The number of hydrogen-bond acceptors (Lipinski definition) is 4. The molecule has 0 aliphatic carbocycles. The van der Waals surface area contributed by atoms with Gasteiger partial charge in [-0.2, -0.15) is 0 Å². The monoisotopic (exact) mass is 293 g/mol. The third kappa shape index (κ3) is 2.18. The van der Waals surface area contributed by atoms with Crippen molar-refractivity contribution in [3.05, 3.63) is 12.2 Å². The quantitative estimate of drug-likeness (QED) is 0.569. The van der Waals surface area contributed by atoms with E-state index in [4.69, 9.17) is 9.47 Å². The molecule has 0 unspecified atom stereocenters. The van der Waals surface area contributed by atoms with Crippen LogP contribution in [0.1, 0.15) is 33.6 Å². The first-order valence-corrected chi connectivity index (χ1v) is 7.85. The van der Waals surface area contributed by atoms with Crippen LogP contribution in [0, 0.1) is 11.8 Å². The molecule has 3 aliphatic heterocycles. The number of amides is 1. The van der Waals surface area contributed by atoms with Gasteiger partial charge in [0.05, 0.1) is 24.7 Å². The second kappa shape index (κ2) is 5.13. The minimum Gasteiger partial charge on any atom is -0.463 e. The van der Waals surface area contributed by atoms with Gasteiger partial charge >= 0.3 is 5.97 Å². The Bertz CT molecular complexity index is 487. The van der Waals surface area contributed by atoms with Crippen LogP contribution in [-0.2, 0) is 19.1 Å². The molecule has 3 rings (SSSR count). The van der Waals surface area contributed by atoms with Crippen molar-refractivity contribution in [3.8, 4) is 0 Å². The lowest BCUT2D eigenvalue weighted by Crippen LogP contribution is -2.40. The molecule has 2 fully saturated rings. The predicted molar refractivity (Wildman–Crippen MR) is 76.4 cm³/mol. The molecular formula is C16H23NO4. The van der Waals surface area contributed by atoms with E-state index in [0.29, 0.717) is 6.54 Å². The third-order valence-electron chi connectivity index (χ3n) is 4.58. The van der Waals surface area contributed by atoms with Crippen molar-refractivity contribution in [2.24, 2.45) is 11.8 Å². The highest BCUT2D eigenvalue weighted by molar-refractivity contribution is 5.91. The second-order valence-electron chi connectivity index (χ2n) is 6.50. The van der Waals surface area contributed by atoms with Gasteiger partial charge in [-0.15, -0.1) is 0 Å². The van der Waals surface area contributed by atoms with Gasteiger partial charge in [0, 0.05) is 6.54 Å². The maximum Gasteiger partial charge on any atom is 0.313 e. The van der Waals surface area contributed by atoms with Crippen LogP contribution in [0.15, 0.2) is 12.2 Å². The van der Waals surface area contributed by atoms with E-state index in [-0.39, 0.29) is 24.1 Å². The van der Waals surface area contributed by atoms with Gasteiger partial charge in [0.15, 0.2) is 0 Å². The summed E-state index contributed by atoms with van der Waals surface area (Å²) in [5.74, 6) is -1.16. The molecule has 1 amide bonds. The van der Waals surface area contributed by atoms with Crippen LogP contribution in [0.3, 0.4) is 0 Å². The standard InChI is InChI=1S/C16H23NO4/c1-4-5-8-17-9-16-7-6-11(21-16)12(13(16)14(17)18)15(19)20-10(2)3/h6-7,10-13H,4-5,8-9H2,1-3H3/t11-,12-,13-,16+/m1/s1. The molecule has 0 radical (unpaired) electrons. The number of esters is 1. The summed E-state index contributed by atoms with van der Waals surface area (Å²) in [4.78, 5) is 26.9. The number of carbonyl (C=O) groups is 2. The lowest BCUT2D eigenvalue weighted by atomic mass is 9.77. The average molecular weight is 293 g/mol. The van der Waals surface area contributed by atoms with E-state index >= 15 is 0 Å². The van der Waals surface area contributed by atoms with E-state index in [1.54, 1.807) is 0 Å². The van der Waals surface area contributed by atoms with E-state index < -0.39 is 17.4 Å². The Kier molecular flexibility index (Phi) is 3.56. The average Bonchev–Trinajstić information content (AvgIpc) is 3.04. The number of rotatable bonds is 5. The molecule has 2 bridgehead atoms. The van der Waals surface area contributed by atoms with Crippen molar-refractivity contribution in [1.82, 2.24) is 4.90 Å². The van der Waals surface area contributed by atoms with Crippen molar-refractivity contribution >= 4 is 11.9 Å². The maximum absolute atomic E-state index is 12.7. The molecule has 1 spiro atoms. The lowest BCUT2D eigenvalue weighted by molar-refractivity contribution is -0.157. The van der Waals surface area contributed by atoms with Crippen LogP contribution in [0.2, 0.25) is 0 Å². The maximum atomic E-state index is 12.7. The molecule has 0 saturated carbocycles. The van der Waals surface area contributed by atoms with E-state index in [1.807, 2.05) is 30.9 Å². The van der Waals surface area contributed by atoms with Crippen molar-refractivity contribution in [1.29, 1.82) is 0 Å². The van der Waals surface area contributed by atoms with Gasteiger partial charge in [-0.05, 0) is 20.3 Å². The molecule has 21 heavy (non-hydrogen) atoms. The molecule has 5 heteroatoms. The van der Waals surface area contributed by atoms with Crippen LogP contribution < -0.4 is 0 Å². The van der Waals surface area contributed by atoms with E-state index in [2.05, 4.69) is 6.92 Å². The summed E-state index contributed by atoms with van der Waals surface area (Å²) in [5, 5.41) is 0. The molecular weight excluding hydrogens is 270 g/mol. The second-order valence-corrected chi connectivity index (χ2v) is 6.50. The summed E-state index contributed by atoms with van der Waals surface area (Å²) < 4.78 is 11.3. The van der Waals surface area contributed by atoms with Gasteiger partial charge in [-0.25, -0.2) is 0 Å². The summed E-state index contributed by atoms with van der Waals surface area (Å²) in [7, 11) is 0. The fraction of sp³-hybridized carbons (Fsp3) is 0.750. The van der Waals surface area contributed by atoms with Crippen molar-refractivity contribution < 1.29 is 19.1 Å². The van der Waals surface area contributed by atoms with Crippen LogP contribution in [0.4, 0.5) is 0 Å². The number of nitrogens with zero attached hydrogens (tertiary/aromatic N) is 1. The highest BCUT2D eigenvalue weighted by Crippen LogP contribution is 2.52. The van der Waals surface area contributed by atoms with Crippen LogP contribution >= 0.6 is 0 Å². The van der Waals surface area contributed by atoms with Crippen molar-refractivity contribution in [2.45, 2.75) is 51.4 Å². The van der Waals surface area contributed by atoms with Crippen LogP contribution in [-0.4, -0.2) is 47.7 Å². The summed E-state index contributed by atoms with van der Waals surface area (Å²) in [6.45, 7) is 7.05. The number of unbranched alkanes of at least 4 members (excludes halogenated alkanes) is 1. The fourth-order valence-corrected chi connectivity index (χ4v) is 3.70. The van der Waals surface area contributed by atoms with Gasteiger partial charge in [0.25, 0.3) is 0 Å². The van der Waals surface area contributed by atoms with Gasteiger partial charge in [0.2, 0.25) is 5.91 Å². The predicted octanol–water partition coefficient (Wildman–Crippen LogP) is 1.52. The molecule has 0 N–H and O–H groups in total. The molecule has 0 aromatic carbocycles. The molecule has 2 saturated heterocycles. The first-order valence-electron chi connectivity index (χ1n) is 7.85. The topological polar surface area (TPSA) is 55.8 Å². The normalized spacial score (nSPS) is 36.7. The Morgan fingerprint density at radius 2 is 2.33 bits per heavy atom. The molecule has 4 atom stereocenters. The van der Waals surface area contributed by atoms with E-state index in [9.17, 15) is 9.59 Å². The van der Waals surface area contributed by atoms with Gasteiger partial charge in [0.1, 0.15) is 11.5 Å². The van der Waals surface area contributed by atoms with Crippen molar-refractivity contribution in [3.63, 3.8) is 0 Å². The Hall–Kier alpha value is -1.36. The number of hydrogen-bond donors (Lipinski definition) is 0. The largest absolute Gasteiger partial charge is 0.463 e. The Balaban J connectivity index is 1.82. The lowest BCUT2D eigenvalue weighted by Gasteiger charge is -2.23. The number of carbonyl (C=O) groups excluding carboxylic acids is 2. The summed E-state index contributed by atoms with van der Waals surface area (Å²) in [6.07, 6.45) is 5.43.